The Morgan fingerprint density at radius 1 is 1.69 bits per heavy atom. The van der Waals surface area contributed by atoms with Gasteiger partial charge in [0.05, 0.1) is 6.20 Å². The molecule has 16 heavy (non-hydrogen) atoms. The van der Waals surface area contributed by atoms with Crippen LogP contribution in [0.1, 0.15) is 36.7 Å². The molecule has 1 atom stereocenters. The third-order valence-electron chi connectivity index (χ3n) is 3.18. The van der Waals surface area contributed by atoms with Gasteiger partial charge in [-0.15, -0.1) is 0 Å². The first kappa shape index (κ1) is 11.3. The molecule has 1 aromatic heterocycles. The molecule has 0 spiro atoms. The number of hydrogen-bond acceptors (Lipinski definition) is 4. The van der Waals surface area contributed by atoms with E-state index in [0.29, 0.717) is 17.6 Å². The molecule has 4 heteroatoms. The molecule has 0 aliphatic carbocycles. The zero-order valence-electron chi connectivity index (χ0n) is 9.90. The highest BCUT2D eigenvalue weighted by atomic mass is 16.4. The summed E-state index contributed by atoms with van der Waals surface area (Å²) in [7, 11) is 0. The molecular formula is C12H18N2O2. The molecule has 1 aromatic rings. The second kappa shape index (κ2) is 4.78. The van der Waals surface area contributed by atoms with Crippen LogP contribution in [0.15, 0.2) is 10.6 Å². The molecule has 2 rings (SSSR count). The Labute approximate surface area is 95.6 Å². The van der Waals surface area contributed by atoms with Crippen LogP contribution in [0.2, 0.25) is 0 Å². The SMILES string of the molecule is CCN1CCC(Cc2ncc(C(C)=O)o2)C1. The van der Waals surface area contributed by atoms with Crippen molar-refractivity contribution >= 4 is 5.78 Å². The third-order valence-corrected chi connectivity index (χ3v) is 3.18. The van der Waals surface area contributed by atoms with Crippen LogP contribution in [-0.2, 0) is 6.42 Å². The van der Waals surface area contributed by atoms with Gasteiger partial charge in [-0.2, -0.15) is 0 Å². The maximum absolute atomic E-state index is 11.1. The normalized spacial score (nSPS) is 21.5. The van der Waals surface area contributed by atoms with Crippen LogP contribution in [0.5, 0.6) is 0 Å². The number of ketones is 1. The Kier molecular flexibility index (Phi) is 3.39. The number of aromatic nitrogens is 1. The summed E-state index contributed by atoms with van der Waals surface area (Å²) in [6.07, 6.45) is 3.58. The summed E-state index contributed by atoms with van der Waals surface area (Å²) < 4.78 is 5.40. The molecule has 2 heterocycles. The van der Waals surface area contributed by atoms with E-state index in [0.717, 1.165) is 19.5 Å². The first-order valence-corrected chi connectivity index (χ1v) is 5.87. The molecule has 0 bridgehead atoms. The lowest BCUT2D eigenvalue weighted by Gasteiger charge is -2.11. The summed E-state index contributed by atoms with van der Waals surface area (Å²) in [5, 5.41) is 0. The van der Waals surface area contributed by atoms with Gasteiger partial charge in [0.25, 0.3) is 0 Å². The Morgan fingerprint density at radius 2 is 2.50 bits per heavy atom. The van der Waals surface area contributed by atoms with Gasteiger partial charge in [-0.3, -0.25) is 4.79 Å². The fourth-order valence-electron chi connectivity index (χ4n) is 2.18. The Morgan fingerprint density at radius 3 is 3.06 bits per heavy atom. The monoisotopic (exact) mass is 222 g/mol. The first-order valence-electron chi connectivity index (χ1n) is 5.87. The molecule has 0 radical (unpaired) electrons. The van der Waals surface area contributed by atoms with E-state index in [4.69, 9.17) is 4.42 Å². The minimum Gasteiger partial charge on any atom is -0.438 e. The molecule has 88 valence electrons. The first-order chi connectivity index (χ1) is 7.69. The summed E-state index contributed by atoms with van der Waals surface area (Å²) in [5.74, 6) is 1.65. The number of nitrogens with zero attached hydrogens (tertiary/aromatic N) is 2. The number of carbonyl (C=O) groups is 1. The van der Waals surface area contributed by atoms with Gasteiger partial charge in [0.2, 0.25) is 0 Å². The molecule has 1 fully saturated rings. The fourth-order valence-corrected chi connectivity index (χ4v) is 2.18. The van der Waals surface area contributed by atoms with Gasteiger partial charge in [-0.25, -0.2) is 4.98 Å². The van der Waals surface area contributed by atoms with Crippen molar-refractivity contribution in [2.45, 2.75) is 26.7 Å². The summed E-state index contributed by atoms with van der Waals surface area (Å²) in [4.78, 5) is 17.6. The van der Waals surface area contributed by atoms with Crippen molar-refractivity contribution < 1.29 is 9.21 Å². The quantitative estimate of drug-likeness (QED) is 0.728. The van der Waals surface area contributed by atoms with Crippen LogP contribution in [-0.4, -0.2) is 35.3 Å². The van der Waals surface area contributed by atoms with Crippen molar-refractivity contribution in [3.63, 3.8) is 0 Å². The summed E-state index contributed by atoms with van der Waals surface area (Å²) in [6.45, 7) is 7.08. The van der Waals surface area contributed by atoms with E-state index in [2.05, 4.69) is 16.8 Å². The van der Waals surface area contributed by atoms with Crippen LogP contribution in [0.4, 0.5) is 0 Å². The predicted molar refractivity (Wildman–Crippen MR) is 60.4 cm³/mol. The average molecular weight is 222 g/mol. The van der Waals surface area contributed by atoms with Gasteiger partial charge < -0.3 is 9.32 Å². The molecule has 1 unspecified atom stereocenters. The van der Waals surface area contributed by atoms with Crippen molar-refractivity contribution in [2.24, 2.45) is 5.92 Å². The predicted octanol–water partition coefficient (Wildman–Crippen LogP) is 1.76. The second-order valence-electron chi connectivity index (χ2n) is 4.43. The van der Waals surface area contributed by atoms with E-state index in [1.165, 1.54) is 26.1 Å². The minimum absolute atomic E-state index is 0.0552. The number of rotatable bonds is 4. The van der Waals surface area contributed by atoms with Gasteiger partial charge in [0.15, 0.2) is 17.4 Å². The Bertz CT molecular complexity index is 373. The maximum Gasteiger partial charge on any atom is 0.196 e. The Balaban J connectivity index is 1.92. The van der Waals surface area contributed by atoms with Gasteiger partial charge in [0, 0.05) is 19.9 Å². The lowest BCUT2D eigenvalue weighted by atomic mass is 10.1. The van der Waals surface area contributed by atoms with Gasteiger partial charge in [0.1, 0.15) is 0 Å². The van der Waals surface area contributed by atoms with E-state index in [1.54, 1.807) is 0 Å². The lowest BCUT2D eigenvalue weighted by Crippen LogP contribution is -2.20. The lowest BCUT2D eigenvalue weighted by molar-refractivity contribution is 0.0985. The highest BCUT2D eigenvalue weighted by Crippen LogP contribution is 2.20. The second-order valence-corrected chi connectivity index (χ2v) is 4.43. The summed E-state index contributed by atoms with van der Waals surface area (Å²) in [6, 6.07) is 0. The molecule has 0 saturated carbocycles. The van der Waals surface area contributed by atoms with Crippen LogP contribution in [0.25, 0.3) is 0 Å². The number of oxazole rings is 1. The van der Waals surface area contributed by atoms with Crippen molar-refractivity contribution in [1.82, 2.24) is 9.88 Å². The van der Waals surface area contributed by atoms with Crippen molar-refractivity contribution in [3.8, 4) is 0 Å². The van der Waals surface area contributed by atoms with E-state index in [1.807, 2.05) is 0 Å². The minimum atomic E-state index is -0.0552. The van der Waals surface area contributed by atoms with Gasteiger partial charge in [-0.1, -0.05) is 6.92 Å². The molecular weight excluding hydrogens is 204 g/mol. The molecule has 4 nitrogen and oxygen atoms in total. The van der Waals surface area contributed by atoms with E-state index < -0.39 is 0 Å². The number of likely N-dealkylation sites (tertiary alicyclic amines) is 1. The van der Waals surface area contributed by atoms with E-state index >= 15 is 0 Å². The molecule has 0 amide bonds. The van der Waals surface area contributed by atoms with E-state index in [-0.39, 0.29) is 5.78 Å². The standard InChI is InChI=1S/C12H18N2O2/c1-3-14-5-4-10(8-14)6-12-13-7-11(16-12)9(2)15/h7,10H,3-6,8H2,1-2H3. The zero-order valence-corrected chi connectivity index (χ0v) is 9.90. The van der Waals surface area contributed by atoms with Crippen molar-refractivity contribution in [1.29, 1.82) is 0 Å². The van der Waals surface area contributed by atoms with Crippen molar-refractivity contribution in [3.05, 3.63) is 17.8 Å². The maximum atomic E-state index is 11.1. The summed E-state index contributed by atoms with van der Waals surface area (Å²) >= 11 is 0. The molecule has 0 aromatic carbocycles. The number of carbonyl (C=O) groups excluding carboxylic acids is 1. The molecule has 0 N–H and O–H groups in total. The topological polar surface area (TPSA) is 46.3 Å². The smallest absolute Gasteiger partial charge is 0.196 e. The van der Waals surface area contributed by atoms with Gasteiger partial charge >= 0.3 is 0 Å². The largest absolute Gasteiger partial charge is 0.438 e. The van der Waals surface area contributed by atoms with Crippen molar-refractivity contribution in [2.75, 3.05) is 19.6 Å². The molecule has 1 aliphatic rings. The highest BCUT2D eigenvalue weighted by molar-refractivity contribution is 5.90. The molecule has 1 aliphatic heterocycles. The van der Waals surface area contributed by atoms with Crippen LogP contribution in [0.3, 0.4) is 0 Å². The highest BCUT2D eigenvalue weighted by Gasteiger charge is 2.23. The van der Waals surface area contributed by atoms with E-state index in [9.17, 15) is 4.79 Å². The van der Waals surface area contributed by atoms with Crippen LogP contribution >= 0.6 is 0 Å². The molecule has 1 saturated heterocycles. The zero-order chi connectivity index (χ0) is 11.5. The third kappa shape index (κ3) is 2.50. The van der Waals surface area contributed by atoms with Crippen LogP contribution < -0.4 is 0 Å². The average Bonchev–Trinajstić information content (AvgIpc) is 2.87. The number of Topliss-reactive ketones (excluding diaryl/α,β-unsaturated/α-hetero) is 1. The Hall–Kier alpha value is -1.16. The fraction of sp³-hybridized carbons (Fsp3) is 0.667. The van der Waals surface area contributed by atoms with Gasteiger partial charge in [-0.05, 0) is 25.4 Å². The summed E-state index contributed by atoms with van der Waals surface area (Å²) in [5.41, 5.74) is 0. The number of hydrogen-bond donors (Lipinski definition) is 0. The van der Waals surface area contributed by atoms with Crippen LogP contribution in [0, 0.1) is 5.92 Å².